The van der Waals surface area contributed by atoms with Crippen LogP contribution >= 0.6 is 0 Å². The summed E-state index contributed by atoms with van der Waals surface area (Å²) in [6.45, 7) is 1.97. The van der Waals surface area contributed by atoms with Crippen molar-refractivity contribution in [2.45, 2.75) is 82.0 Å². The van der Waals surface area contributed by atoms with Gasteiger partial charge in [0.15, 0.2) is 12.6 Å². The Hall–Kier alpha value is -0.440. The van der Waals surface area contributed by atoms with Crippen molar-refractivity contribution < 1.29 is 54.7 Å². The third kappa shape index (κ3) is 7.11. The average molecular weight is 414 g/mol. The van der Waals surface area contributed by atoms with Crippen molar-refractivity contribution in [1.82, 2.24) is 0 Å². The van der Waals surface area contributed by atoms with Crippen LogP contribution in [0.15, 0.2) is 0 Å². The molecule has 3 unspecified atom stereocenters. The first-order valence-electron chi connectivity index (χ1n) is 9.43. The normalized spacial score (nSPS) is 32.7. The van der Waals surface area contributed by atoms with Gasteiger partial charge in [-0.2, -0.15) is 0 Å². The molecule has 0 aliphatic carbocycles. The van der Waals surface area contributed by atoms with Gasteiger partial charge in [0, 0.05) is 6.61 Å². The van der Waals surface area contributed by atoms with E-state index in [2.05, 4.69) is 0 Å². The van der Waals surface area contributed by atoms with Crippen LogP contribution in [0.1, 0.15) is 26.7 Å². The van der Waals surface area contributed by atoms with Crippen LogP contribution in [0.3, 0.4) is 0 Å². The average Bonchev–Trinajstić information content (AvgIpc) is 2.70. The lowest BCUT2D eigenvalue weighted by Gasteiger charge is -2.41. The molecular weight excluding hydrogens is 380 g/mol. The molecule has 0 aromatic heterocycles. The van der Waals surface area contributed by atoms with Crippen LogP contribution < -0.4 is 0 Å². The maximum absolute atomic E-state index is 10.0. The van der Waals surface area contributed by atoms with E-state index in [0.717, 1.165) is 6.42 Å². The van der Waals surface area contributed by atoms with E-state index in [1.54, 1.807) is 0 Å². The molecule has 0 radical (unpaired) electrons. The summed E-state index contributed by atoms with van der Waals surface area (Å²) >= 11 is 0. The zero-order chi connectivity index (χ0) is 21.3. The Morgan fingerprint density at radius 3 is 2.21 bits per heavy atom. The number of aliphatic hydroxyl groups excluding tert-OH is 7. The van der Waals surface area contributed by atoms with Crippen LogP contribution in [0.2, 0.25) is 0 Å². The minimum absolute atomic E-state index is 0.276. The molecule has 168 valence electrons. The van der Waals surface area contributed by atoms with Gasteiger partial charge in [-0.3, -0.25) is 0 Å². The molecule has 0 aromatic carbocycles. The summed E-state index contributed by atoms with van der Waals surface area (Å²) in [7, 11) is 0. The largest absolute Gasteiger partial charge is 0.394 e. The van der Waals surface area contributed by atoms with Crippen LogP contribution in [-0.4, -0.2) is 117 Å². The van der Waals surface area contributed by atoms with E-state index in [1.165, 1.54) is 6.92 Å². The van der Waals surface area contributed by atoms with Crippen LogP contribution in [0.25, 0.3) is 0 Å². The number of hydrogen-bond donors (Lipinski definition) is 7. The number of rotatable bonds is 13. The van der Waals surface area contributed by atoms with Gasteiger partial charge in [-0.1, -0.05) is 13.3 Å². The summed E-state index contributed by atoms with van der Waals surface area (Å²) in [5.74, 6) is 0. The number of unbranched alkanes of at least 4 members (excludes halogenated alkanes) is 1. The van der Waals surface area contributed by atoms with Crippen molar-refractivity contribution in [3.8, 4) is 0 Å². The third-order valence-electron chi connectivity index (χ3n) is 4.49. The molecule has 1 saturated heterocycles. The Morgan fingerprint density at radius 1 is 1.00 bits per heavy atom. The van der Waals surface area contributed by atoms with E-state index >= 15 is 0 Å². The maximum Gasteiger partial charge on any atom is 0.187 e. The summed E-state index contributed by atoms with van der Waals surface area (Å²) in [6.07, 6.45) is -10.2. The van der Waals surface area contributed by atoms with Crippen LogP contribution in [0, 0.1) is 0 Å². The molecule has 1 rings (SSSR count). The topological polar surface area (TPSA) is 179 Å². The second-order valence-electron chi connectivity index (χ2n) is 6.74. The van der Waals surface area contributed by atoms with Gasteiger partial charge in [-0.05, 0) is 13.3 Å². The summed E-state index contributed by atoms with van der Waals surface area (Å²) in [5, 5.41) is 67.5. The van der Waals surface area contributed by atoms with E-state index in [1.807, 2.05) is 6.92 Å². The van der Waals surface area contributed by atoms with Gasteiger partial charge in [0.2, 0.25) is 0 Å². The second kappa shape index (κ2) is 13.0. The molecule has 0 amide bonds. The summed E-state index contributed by atoms with van der Waals surface area (Å²) in [6, 6.07) is 0. The van der Waals surface area contributed by atoms with Gasteiger partial charge in [-0.25, -0.2) is 0 Å². The van der Waals surface area contributed by atoms with Crippen molar-refractivity contribution >= 4 is 0 Å². The molecule has 1 fully saturated rings. The van der Waals surface area contributed by atoms with Gasteiger partial charge < -0.3 is 54.7 Å². The van der Waals surface area contributed by atoms with Crippen molar-refractivity contribution in [3.63, 3.8) is 0 Å². The molecule has 0 bridgehead atoms. The van der Waals surface area contributed by atoms with Crippen LogP contribution in [-0.2, 0) is 18.9 Å². The third-order valence-corrected chi connectivity index (χ3v) is 4.49. The van der Waals surface area contributed by atoms with Crippen molar-refractivity contribution in [2.75, 3.05) is 26.4 Å². The maximum atomic E-state index is 10.0. The Labute approximate surface area is 164 Å². The van der Waals surface area contributed by atoms with E-state index < -0.39 is 75.1 Å². The lowest BCUT2D eigenvalue weighted by molar-refractivity contribution is -0.324. The van der Waals surface area contributed by atoms with E-state index in [-0.39, 0.29) is 6.61 Å². The molecule has 1 heterocycles. The zero-order valence-electron chi connectivity index (χ0n) is 16.2. The quantitative estimate of drug-likeness (QED) is 0.121. The molecule has 11 nitrogen and oxygen atoms in total. The highest BCUT2D eigenvalue weighted by Gasteiger charge is 2.45. The molecule has 0 saturated carbocycles. The van der Waals surface area contributed by atoms with E-state index in [9.17, 15) is 30.6 Å². The second-order valence-corrected chi connectivity index (χ2v) is 6.74. The molecule has 1 aliphatic rings. The highest BCUT2D eigenvalue weighted by atomic mass is 16.7. The zero-order valence-corrected chi connectivity index (χ0v) is 16.2. The Kier molecular flexibility index (Phi) is 11.9. The standard InChI is InChI=1S/C17H34O11/c1-3-4-5-25-16(10(21)6-18)27-11(7-19)9(2)26-17-15(24)14(23)13(22)12(8-20)28-17/h9-24H,3-8H2,1-2H3/t9-,10-,11?,12?,13-,14?,15-,16+,17+/m0/s1. The molecule has 0 spiro atoms. The summed E-state index contributed by atoms with van der Waals surface area (Å²) in [4.78, 5) is 0. The Morgan fingerprint density at radius 2 is 1.68 bits per heavy atom. The van der Waals surface area contributed by atoms with Gasteiger partial charge in [0.1, 0.15) is 36.6 Å². The van der Waals surface area contributed by atoms with Gasteiger partial charge >= 0.3 is 0 Å². The SMILES string of the molecule is CCCCO[C@H](OC(CO)[C@H](C)O[C@@H]1OC(CO)[C@H](O)C(O)[C@@H]1O)[C@@H](O)CO. The number of aliphatic hydroxyl groups is 7. The molecule has 0 aromatic rings. The molecule has 9 atom stereocenters. The molecule has 11 heteroatoms. The lowest BCUT2D eigenvalue weighted by atomic mass is 9.99. The van der Waals surface area contributed by atoms with Gasteiger partial charge in [0.05, 0.1) is 25.9 Å². The van der Waals surface area contributed by atoms with Crippen molar-refractivity contribution in [1.29, 1.82) is 0 Å². The first kappa shape index (κ1) is 25.6. The number of ether oxygens (including phenoxy) is 4. The molecule has 28 heavy (non-hydrogen) atoms. The summed E-state index contributed by atoms with van der Waals surface area (Å²) < 4.78 is 21.7. The molecular formula is C17H34O11. The summed E-state index contributed by atoms with van der Waals surface area (Å²) in [5.41, 5.74) is 0. The van der Waals surface area contributed by atoms with E-state index in [4.69, 9.17) is 24.1 Å². The fraction of sp³-hybridized carbons (Fsp3) is 1.00. The van der Waals surface area contributed by atoms with Gasteiger partial charge in [-0.15, -0.1) is 0 Å². The minimum atomic E-state index is -1.60. The fourth-order valence-corrected chi connectivity index (χ4v) is 2.62. The van der Waals surface area contributed by atoms with Crippen molar-refractivity contribution in [2.24, 2.45) is 0 Å². The first-order chi connectivity index (χ1) is 13.3. The lowest BCUT2D eigenvalue weighted by Crippen LogP contribution is -2.60. The Balaban J connectivity index is 2.73. The highest BCUT2D eigenvalue weighted by molar-refractivity contribution is 4.89. The minimum Gasteiger partial charge on any atom is -0.394 e. The van der Waals surface area contributed by atoms with E-state index in [0.29, 0.717) is 6.42 Å². The smallest absolute Gasteiger partial charge is 0.187 e. The Bertz CT molecular complexity index is 411. The molecule has 1 aliphatic heterocycles. The fourth-order valence-electron chi connectivity index (χ4n) is 2.62. The predicted molar refractivity (Wildman–Crippen MR) is 94.0 cm³/mol. The van der Waals surface area contributed by atoms with Gasteiger partial charge in [0.25, 0.3) is 0 Å². The molecule has 7 N–H and O–H groups in total. The van der Waals surface area contributed by atoms with Crippen molar-refractivity contribution in [3.05, 3.63) is 0 Å². The number of hydrogen-bond acceptors (Lipinski definition) is 11. The predicted octanol–water partition coefficient (Wildman–Crippen LogP) is -2.94. The van der Waals surface area contributed by atoms with Crippen LogP contribution in [0.5, 0.6) is 0 Å². The monoisotopic (exact) mass is 414 g/mol. The first-order valence-corrected chi connectivity index (χ1v) is 9.43. The van der Waals surface area contributed by atoms with Crippen LogP contribution in [0.4, 0.5) is 0 Å². The highest BCUT2D eigenvalue weighted by Crippen LogP contribution is 2.24.